The second kappa shape index (κ2) is 5.65. The molecule has 1 atom stereocenters. The van der Waals surface area contributed by atoms with Crippen LogP contribution in [0.25, 0.3) is 0 Å². The third kappa shape index (κ3) is 3.40. The van der Waals surface area contributed by atoms with E-state index in [9.17, 15) is 0 Å². The Kier molecular flexibility index (Phi) is 3.94. The van der Waals surface area contributed by atoms with Crippen LogP contribution in [0.3, 0.4) is 0 Å². The Bertz CT molecular complexity index is 547. The minimum absolute atomic E-state index is 0.119. The second-order valence-electron chi connectivity index (χ2n) is 4.62. The molecule has 3 N–H and O–H groups in total. The zero-order valence-corrected chi connectivity index (χ0v) is 11.5. The van der Waals surface area contributed by atoms with E-state index in [2.05, 4.69) is 40.2 Å². The molecule has 5 nitrogen and oxygen atoms in total. The molecule has 0 aliphatic rings. The number of nitrogens with one attached hydrogen (secondary N) is 1. The molecular formula is C14H19N5. The van der Waals surface area contributed by atoms with Crippen molar-refractivity contribution in [2.75, 3.05) is 11.1 Å². The summed E-state index contributed by atoms with van der Waals surface area (Å²) in [6, 6.07) is 6.07. The number of anilines is 2. The van der Waals surface area contributed by atoms with Crippen molar-refractivity contribution in [3.63, 3.8) is 0 Å². The first-order valence-corrected chi connectivity index (χ1v) is 6.38. The van der Waals surface area contributed by atoms with Crippen LogP contribution in [0.1, 0.15) is 36.3 Å². The zero-order chi connectivity index (χ0) is 13.8. The minimum Gasteiger partial charge on any atom is -0.368 e. The summed E-state index contributed by atoms with van der Waals surface area (Å²) in [6.45, 7) is 6.07. The van der Waals surface area contributed by atoms with Crippen LogP contribution in [0.15, 0.2) is 24.4 Å². The summed E-state index contributed by atoms with van der Waals surface area (Å²) in [4.78, 5) is 12.7. The van der Waals surface area contributed by atoms with E-state index in [1.807, 2.05) is 25.3 Å². The van der Waals surface area contributed by atoms with Gasteiger partial charge in [0.25, 0.3) is 0 Å². The fraction of sp³-hybridized carbons (Fsp3) is 0.357. The van der Waals surface area contributed by atoms with Crippen LogP contribution < -0.4 is 11.1 Å². The Balaban J connectivity index is 2.23. The van der Waals surface area contributed by atoms with Gasteiger partial charge in [-0.15, -0.1) is 0 Å². The predicted octanol–water partition coefficient (Wildman–Crippen LogP) is 2.63. The lowest BCUT2D eigenvalue weighted by Gasteiger charge is -2.17. The third-order valence-electron chi connectivity index (χ3n) is 2.90. The third-order valence-corrected chi connectivity index (χ3v) is 2.90. The van der Waals surface area contributed by atoms with Crippen LogP contribution in [-0.2, 0) is 0 Å². The SMILES string of the molecule is CCC(Nc1cc(C)nc(N)n1)c1cc(C)ccn1. The molecule has 1 unspecified atom stereocenters. The van der Waals surface area contributed by atoms with Gasteiger partial charge in [0.1, 0.15) is 5.82 Å². The Morgan fingerprint density at radius 2 is 2.05 bits per heavy atom. The van der Waals surface area contributed by atoms with Crippen molar-refractivity contribution >= 4 is 11.8 Å². The van der Waals surface area contributed by atoms with Crippen LogP contribution in [-0.4, -0.2) is 15.0 Å². The molecule has 0 bridgehead atoms. The summed E-state index contributed by atoms with van der Waals surface area (Å²) in [7, 11) is 0. The largest absolute Gasteiger partial charge is 0.368 e. The average molecular weight is 257 g/mol. The Labute approximate surface area is 113 Å². The highest BCUT2D eigenvalue weighted by atomic mass is 15.1. The molecule has 19 heavy (non-hydrogen) atoms. The number of rotatable bonds is 4. The lowest BCUT2D eigenvalue weighted by molar-refractivity contribution is 0.717. The van der Waals surface area contributed by atoms with E-state index in [-0.39, 0.29) is 12.0 Å². The van der Waals surface area contributed by atoms with Gasteiger partial charge in [0.05, 0.1) is 11.7 Å². The number of hydrogen-bond acceptors (Lipinski definition) is 5. The number of nitrogens with zero attached hydrogens (tertiary/aromatic N) is 3. The lowest BCUT2D eigenvalue weighted by Crippen LogP contribution is -2.13. The molecule has 2 aromatic heterocycles. The maximum absolute atomic E-state index is 5.66. The molecule has 2 rings (SSSR count). The highest BCUT2D eigenvalue weighted by Crippen LogP contribution is 2.21. The molecule has 0 aliphatic carbocycles. The Morgan fingerprint density at radius 1 is 1.26 bits per heavy atom. The van der Waals surface area contributed by atoms with Crippen molar-refractivity contribution in [3.8, 4) is 0 Å². The van der Waals surface area contributed by atoms with E-state index in [0.29, 0.717) is 0 Å². The van der Waals surface area contributed by atoms with Crippen LogP contribution in [0.2, 0.25) is 0 Å². The van der Waals surface area contributed by atoms with Gasteiger partial charge in [0.15, 0.2) is 0 Å². The maximum Gasteiger partial charge on any atom is 0.222 e. The number of nitrogens with two attached hydrogens (primary N) is 1. The zero-order valence-electron chi connectivity index (χ0n) is 11.5. The van der Waals surface area contributed by atoms with E-state index >= 15 is 0 Å². The average Bonchev–Trinajstić information content (AvgIpc) is 2.34. The van der Waals surface area contributed by atoms with Crippen molar-refractivity contribution in [1.82, 2.24) is 15.0 Å². The van der Waals surface area contributed by atoms with Crippen LogP contribution in [0.4, 0.5) is 11.8 Å². The molecule has 0 fully saturated rings. The van der Waals surface area contributed by atoms with Crippen molar-refractivity contribution in [3.05, 3.63) is 41.3 Å². The first kappa shape index (κ1) is 13.3. The van der Waals surface area contributed by atoms with Crippen LogP contribution in [0, 0.1) is 13.8 Å². The van der Waals surface area contributed by atoms with E-state index in [0.717, 1.165) is 23.6 Å². The smallest absolute Gasteiger partial charge is 0.222 e. The van der Waals surface area contributed by atoms with Gasteiger partial charge in [-0.2, -0.15) is 4.98 Å². The van der Waals surface area contributed by atoms with Gasteiger partial charge in [0, 0.05) is 18.0 Å². The number of aryl methyl sites for hydroxylation is 2. The molecular weight excluding hydrogens is 238 g/mol. The lowest BCUT2D eigenvalue weighted by atomic mass is 10.1. The van der Waals surface area contributed by atoms with Gasteiger partial charge >= 0.3 is 0 Å². The minimum atomic E-state index is 0.119. The predicted molar refractivity (Wildman–Crippen MR) is 76.8 cm³/mol. The molecule has 0 aliphatic heterocycles. The summed E-state index contributed by atoms with van der Waals surface area (Å²) in [5, 5.41) is 3.36. The van der Waals surface area contributed by atoms with Gasteiger partial charge in [-0.3, -0.25) is 4.98 Å². The standard InChI is InChI=1S/C14H19N5/c1-4-11(12-7-9(2)5-6-16-12)18-13-8-10(3)17-14(15)19-13/h5-8,11H,4H2,1-3H3,(H3,15,17,18,19). The molecule has 2 aromatic rings. The quantitative estimate of drug-likeness (QED) is 0.880. The van der Waals surface area contributed by atoms with Crippen molar-refractivity contribution < 1.29 is 0 Å². The summed E-state index contributed by atoms with van der Waals surface area (Å²) in [5.74, 6) is 1.02. The van der Waals surface area contributed by atoms with Gasteiger partial charge < -0.3 is 11.1 Å². The Hall–Kier alpha value is -2.17. The number of aromatic nitrogens is 3. The molecule has 0 amide bonds. The molecule has 5 heteroatoms. The molecule has 0 saturated heterocycles. The van der Waals surface area contributed by atoms with E-state index in [1.54, 1.807) is 0 Å². The molecule has 0 aromatic carbocycles. The Morgan fingerprint density at radius 3 is 2.68 bits per heavy atom. The van der Waals surface area contributed by atoms with Crippen LogP contribution in [0.5, 0.6) is 0 Å². The van der Waals surface area contributed by atoms with Crippen molar-refractivity contribution in [1.29, 1.82) is 0 Å². The molecule has 0 saturated carbocycles. The molecule has 100 valence electrons. The first-order valence-electron chi connectivity index (χ1n) is 6.38. The highest BCUT2D eigenvalue weighted by molar-refractivity contribution is 5.42. The fourth-order valence-corrected chi connectivity index (χ4v) is 1.98. The van der Waals surface area contributed by atoms with E-state index in [4.69, 9.17) is 5.73 Å². The fourth-order valence-electron chi connectivity index (χ4n) is 1.98. The maximum atomic E-state index is 5.66. The van der Waals surface area contributed by atoms with E-state index in [1.165, 1.54) is 5.56 Å². The number of pyridine rings is 1. The normalized spacial score (nSPS) is 12.2. The topological polar surface area (TPSA) is 76.7 Å². The van der Waals surface area contributed by atoms with Crippen LogP contribution >= 0.6 is 0 Å². The summed E-state index contributed by atoms with van der Waals surface area (Å²) < 4.78 is 0. The molecule has 0 radical (unpaired) electrons. The highest BCUT2D eigenvalue weighted by Gasteiger charge is 2.12. The monoisotopic (exact) mass is 257 g/mol. The summed E-state index contributed by atoms with van der Waals surface area (Å²) in [6.07, 6.45) is 2.74. The van der Waals surface area contributed by atoms with Crippen molar-refractivity contribution in [2.45, 2.75) is 33.2 Å². The second-order valence-corrected chi connectivity index (χ2v) is 4.62. The molecule has 2 heterocycles. The first-order chi connectivity index (χ1) is 9.08. The van der Waals surface area contributed by atoms with Gasteiger partial charge in [-0.1, -0.05) is 6.92 Å². The van der Waals surface area contributed by atoms with Gasteiger partial charge in [-0.05, 0) is 38.0 Å². The molecule has 0 spiro atoms. The van der Waals surface area contributed by atoms with E-state index < -0.39 is 0 Å². The van der Waals surface area contributed by atoms with Gasteiger partial charge in [-0.25, -0.2) is 4.98 Å². The van der Waals surface area contributed by atoms with Crippen molar-refractivity contribution in [2.24, 2.45) is 0 Å². The van der Waals surface area contributed by atoms with Gasteiger partial charge in [0.2, 0.25) is 5.95 Å². The summed E-state index contributed by atoms with van der Waals surface area (Å²) >= 11 is 0. The summed E-state index contributed by atoms with van der Waals surface area (Å²) in [5.41, 5.74) is 8.72. The number of hydrogen-bond donors (Lipinski definition) is 2. The number of nitrogen functional groups attached to an aromatic ring is 1.